The molecule has 1 fully saturated rings. The van der Waals surface area contributed by atoms with Gasteiger partial charge in [-0.1, -0.05) is 30.3 Å². The van der Waals surface area contributed by atoms with Gasteiger partial charge in [0.1, 0.15) is 6.10 Å². The van der Waals surface area contributed by atoms with Gasteiger partial charge in [-0.25, -0.2) is 0 Å². The molecule has 0 aliphatic carbocycles. The molecular formula is C14H19NO2. The molecule has 2 unspecified atom stereocenters. The third-order valence-electron chi connectivity index (χ3n) is 3.35. The van der Waals surface area contributed by atoms with Gasteiger partial charge in [0.25, 0.3) is 6.47 Å². The van der Waals surface area contributed by atoms with Crippen molar-refractivity contribution < 1.29 is 9.53 Å². The standard InChI is InChI=1S/C14H19NO2/c1-14(2)9-8-12(15-14)13(17-10-16)11-6-4-3-5-7-11/h3-7,10,12-13,15H,8-9H2,1-2H3. The first-order valence-electron chi connectivity index (χ1n) is 6.04. The van der Waals surface area contributed by atoms with Gasteiger partial charge >= 0.3 is 0 Å². The first-order chi connectivity index (χ1) is 8.12. The second-order valence-electron chi connectivity index (χ2n) is 5.24. The maximum absolute atomic E-state index is 10.7. The summed E-state index contributed by atoms with van der Waals surface area (Å²) in [6.45, 7) is 4.90. The molecule has 1 N–H and O–H groups in total. The molecule has 92 valence electrons. The molecule has 1 saturated heterocycles. The van der Waals surface area contributed by atoms with E-state index in [2.05, 4.69) is 19.2 Å². The van der Waals surface area contributed by atoms with Gasteiger partial charge in [0.2, 0.25) is 0 Å². The highest BCUT2D eigenvalue weighted by atomic mass is 16.5. The Morgan fingerprint density at radius 3 is 2.65 bits per heavy atom. The molecule has 2 atom stereocenters. The number of carbonyl (C=O) groups is 1. The summed E-state index contributed by atoms with van der Waals surface area (Å²) >= 11 is 0. The second kappa shape index (κ2) is 4.88. The van der Waals surface area contributed by atoms with Crippen LogP contribution < -0.4 is 5.32 Å². The van der Waals surface area contributed by atoms with Gasteiger partial charge in [0, 0.05) is 11.6 Å². The Hall–Kier alpha value is -1.35. The van der Waals surface area contributed by atoms with Crippen LogP contribution in [0.4, 0.5) is 0 Å². The third-order valence-corrected chi connectivity index (χ3v) is 3.35. The zero-order valence-electron chi connectivity index (χ0n) is 10.3. The predicted octanol–water partition coefficient (Wildman–Crippen LogP) is 2.43. The highest BCUT2D eigenvalue weighted by molar-refractivity contribution is 5.39. The fourth-order valence-electron chi connectivity index (χ4n) is 2.50. The minimum atomic E-state index is -0.185. The number of hydrogen-bond acceptors (Lipinski definition) is 3. The number of hydrogen-bond donors (Lipinski definition) is 1. The summed E-state index contributed by atoms with van der Waals surface area (Å²) < 4.78 is 5.26. The van der Waals surface area contributed by atoms with Crippen molar-refractivity contribution in [3.05, 3.63) is 35.9 Å². The molecule has 1 aromatic carbocycles. The zero-order valence-corrected chi connectivity index (χ0v) is 10.3. The molecule has 2 rings (SSSR count). The van der Waals surface area contributed by atoms with E-state index in [4.69, 9.17) is 4.74 Å². The summed E-state index contributed by atoms with van der Waals surface area (Å²) in [6.07, 6.45) is 1.94. The second-order valence-corrected chi connectivity index (χ2v) is 5.24. The fraction of sp³-hybridized carbons (Fsp3) is 0.500. The van der Waals surface area contributed by atoms with Crippen LogP contribution in [0, 0.1) is 0 Å². The van der Waals surface area contributed by atoms with Crippen molar-refractivity contribution in [1.29, 1.82) is 0 Å². The van der Waals surface area contributed by atoms with Gasteiger partial charge in [-0.05, 0) is 32.3 Å². The number of carbonyl (C=O) groups excluding carboxylic acids is 1. The number of benzene rings is 1. The summed E-state index contributed by atoms with van der Waals surface area (Å²) in [5, 5.41) is 3.53. The Balaban J connectivity index is 2.16. The van der Waals surface area contributed by atoms with Gasteiger partial charge < -0.3 is 10.1 Å². The number of nitrogens with one attached hydrogen (secondary N) is 1. The van der Waals surface area contributed by atoms with Crippen molar-refractivity contribution in [3.63, 3.8) is 0 Å². The molecule has 0 saturated carbocycles. The van der Waals surface area contributed by atoms with Gasteiger partial charge in [-0.3, -0.25) is 4.79 Å². The van der Waals surface area contributed by atoms with E-state index >= 15 is 0 Å². The highest BCUT2D eigenvalue weighted by Crippen LogP contribution is 2.32. The first-order valence-corrected chi connectivity index (χ1v) is 6.04. The normalized spacial score (nSPS) is 24.2. The maximum atomic E-state index is 10.7. The Kier molecular flexibility index (Phi) is 3.48. The van der Waals surface area contributed by atoms with E-state index in [9.17, 15) is 4.79 Å². The Morgan fingerprint density at radius 2 is 2.12 bits per heavy atom. The van der Waals surface area contributed by atoms with Crippen LogP contribution in [0.15, 0.2) is 30.3 Å². The van der Waals surface area contributed by atoms with Crippen LogP contribution in [0.1, 0.15) is 38.4 Å². The monoisotopic (exact) mass is 233 g/mol. The van der Waals surface area contributed by atoms with Gasteiger partial charge in [0.15, 0.2) is 0 Å². The smallest absolute Gasteiger partial charge is 0.293 e. The molecule has 17 heavy (non-hydrogen) atoms. The van der Waals surface area contributed by atoms with E-state index in [1.807, 2.05) is 30.3 Å². The van der Waals surface area contributed by atoms with Crippen LogP contribution >= 0.6 is 0 Å². The van der Waals surface area contributed by atoms with Crippen LogP contribution in [0.2, 0.25) is 0 Å². The zero-order chi connectivity index (χ0) is 12.3. The number of ether oxygens (including phenoxy) is 1. The first kappa shape index (κ1) is 12.1. The van der Waals surface area contributed by atoms with Crippen molar-refractivity contribution in [2.24, 2.45) is 0 Å². The summed E-state index contributed by atoms with van der Waals surface area (Å²) in [4.78, 5) is 10.7. The molecule has 1 aliphatic rings. The predicted molar refractivity (Wildman–Crippen MR) is 66.6 cm³/mol. The van der Waals surface area contributed by atoms with E-state index < -0.39 is 0 Å². The minimum absolute atomic E-state index is 0.129. The highest BCUT2D eigenvalue weighted by Gasteiger charge is 2.36. The lowest BCUT2D eigenvalue weighted by molar-refractivity contribution is -0.135. The fourth-order valence-corrected chi connectivity index (χ4v) is 2.50. The van der Waals surface area contributed by atoms with Gasteiger partial charge in [-0.15, -0.1) is 0 Å². The quantitative estimate of drug-likeness (QED) is 0.812. The van der Waals surface area contributed by atoms with E-state index in [1.165, 1.54) is 0 Å². The lowest BCUT2D eigenvalue weighted by atomic mass is 10.00. The molecule has 1 aromatic rings. The SMILES string of the molecule is CC1(C)CCC(C(OC=O)c2ccccc2)N1. The van der Waals surface area contributed by atoms with Crippen molar-refractivity contribution >= 4 is 6.47 Å². The topological polar surface area (TPSA) is 38.3 Å². The van der Waals surface area contributed by atoms with Crippen molar-refractivity contribution in [2.45, 2.75) is 44.4 Å². The van der Waals surface area contributed by atoms with Crippen LogP contribution in [0.3, 0.4) is 0 Å². The average molecular weight is 233 g/mol. The molecule has 0 radical (unpaired) electrons. The van der Waals surface area contributed by atoms with E-state index in [0.29, 0.717) is 6.47 Å². The largest absolute Gasteiger partial charge is 0.458 e. The average Bonchev–Trinajstić information content (AvgIpc) is 2.67. The van der Waals surface area contributed by atoms with Crippen molar-refractivity contribution in [3.8, 4) is 0 Å². The summed E-state index contributed by atoms with van der Waals surface area (Å²) in [5.41, 5.74) is 1.18. The minimum Gasteiger partial charge on any atom is -0.458 e. The third kappa shape index (κ3) is 2.86. The number of rotatable bonds is 4. The molecule has 0 bridgehead atoms. The molecule has 0 aromatic heterocycles. The molecule has 3 nitrogen and oxygen atoms in total. The van der Waals surface area contributed by atoms with Crippen LogP contribution in [-0.4, -0.2) is 18.1 Å². The Bertz CT molecular complexity index is 375. The van der Waals surface area contributed by atoms with Crippen LogP contribution in [0.5, 0.6) is 0 Å². The van der Waals surface area contributed by atoms with E-state index in [1.54, 1.807) is 0 Å². The van der Waals surface area contributed by atoms with Crippen LogP contribution in [0.25, 0.3) is 0 Å². The summed E-state index contributed by atoms with van der Waals surface area (Å²) in [6, 6.07) is 10.1. The Labute approximate surface area is 102 Å². The summed E-state index contributed by atoms with van der Waals surface area (Å²) in [7, 11) is 0. The van der Waals surface area contributed by atoms with E-state index in [0.717, 1.165) is 18.4 Å². The van der Waals surface area contributed by atoms with Gasteiger partial charge in [0.05, 0.1) is 0 Å². The van der Waals surface area contributed by atoms with E-state index in [-0.39, 0.29) is 17.7 Å². The Morgan fingerprint density at radius 1 is 1.41 bits per heavy atom. The molecular weight excluding hydrogens is 214 g/mol. The van der Waals surface area contributed by atoms with Crippen LogP contribution in [-0.2, 0) is 9.53 Å². The molecule has 1 aliphatic heterocycles. The summed E-state index contributed by atoms with van der Waals surface area (Å²) in [5.74, 6) is 0. The molecule has 0 amide bonds. The molecule has 0 spiro atoms. The maximum Gasteiger partial charge on any atom is 0.293 e. The lowest BCUT2D eigenvalue weighted by Crippen LogP contribution is -2.40. The van der Waals surface area contributed by atoms with Gasteiger partial charge in [-0.2, -0.15) is 0 Å². The van der Waals surface area contributed by atoms with Crippen molar-refractivity contribution in [2.75, 3.05) is 0 Å². The van der Waals surface area contributed by atoms with Crippen molar-refractivity contribution in [1.82, 2.24) is 5.32 Å². The molecule has 3 heteroatoms. The molecule has 1 heterocycles. The lowest BCUT2D eigenvalue weighted by Gasteiger charge is -2.26.